The maximum atomic E-state index is 11.6. The first-order valence-corrected chi connectivity index (χ1v) is 7.02. The highest BCUT2D eigenvalue weighted by Crippen LogP contribution is 1.98. The Balaban J connectivity index is 2.34. The van der Waals surface area contributed by atoms with Crippen molar-refractivity contribution in [2.75, 3.05) is 33.4 Å². The van der Waals surface area contributed by atoms with Crippen LogP contribution in [0.1, 0.15) is 24.4 Å². The molecule has 1 heterocycles. The van der Waals surface area contributed by atoms with E-state index in [0.717, 1.165) is 6.54 Å². The van der Waals surface area contributed by atoms with Crippen molar-refractivity contribution in [3.8, 4) is 0 Å². The van der Waals surface area contributed by atoms with Gasteiger partial charge in [0.2, 0.25) is 0 Å². The lowest BCUT2D eigenvalue weighted by molar-refractivity contribution is 0.0927. The minimum Gasteiger partial charge on any atom is -0.459 e. The quantitative estimate of drug-likeness (QED) is 0.371. The number of aliphatic imine (C=N–C) groups is 1. The summed E-state index contributed by atoms with van der Waals surface area (Å²) < 4.78 is 10.1. The molecule has 1 amide bonds. The average Bonchev–Trinajstić information content (AvgIpc) is 2.98. The number of furan rings is 1. The SMILES string of the molecule is CCNC(=NCCNC(=O)c1ccco1)NC(C)COC. The van der Waals surface area contributed by atoms with Crippen LogP contribution in [-0.4, -0.2) is 51.3 Å². The Morgan fingerprint density at radius 1 is 1.48 bits per heavy atom. The van der Waals surface area contributed by atoms with Crippen LogP contribution in [0.25, 0.3) is 0 Å². The summed E-state index contributed by atoms with van der Waals surface area (Å²) in [5, 5.41) is 9.10. The summed E-state index contributed by atoms with van der Waals surface area (Å²) in [5.41, 5.74) is 0. The summed E-state index contributed by atoms with van der Waals surface area (Å²) in [7, 11) is 1.66. The molecule has 7 heteroatoms. The van der Waals surface area contributed by atoms with Crippen molar-refractivity contribution in [3.63, 3.8) is 0 Å². The van der Waals surface area contributed by atoms with Gasteiger partial charge in [0.15, 0.2) is 11.7 Å². The van der Waals surface area contributed by atoms with E-state index >= 15 is 0 Å². The standard InChI is InChI=1S/C14H24N4O3/c1-4-15-14(18-11(2)10-20-3)17-8-7-16-13(19)12-6-5-9-21-12/h5-6,9,11H,4,7-8,10H2,1-3H3,(H,16,19)(H2,15,17,18). The summed E-state index contributed by atoms with van der Waals surface area (Å²) in [6.45, 7) is 6.28. The number of methoxy groups -OCH3 is 1. The lowest BCUT2D eigenvalue weighted by atomic mass is 10.4. The Labute approximate surface area is 125 Å². The van der Waals surface area contributed by atoms with Crippen LogP contribution in [0.4, 0.5) is 0 Å². The second kappa shape index (κ2) is 9.82. The Bertz CT molecular complexity index is 431. The predicted molar refractivity (Wildman–Crippen MR) is 81.5 cm³/mol. The summed E-state index contributed by atoms with van der Waals surface area (Å²) in [6.07, 6.45) is 1.47. The third-order valence-electron chi connectivity index (χ3n) is 2.56. The smallest absolute Gasteiger partial charge is 0.287 e. The number of carbonyl (C=O) groups excluding carboxylic acids is 1. The Hall–Kier alpha value is -2.02. The second-order valence-electron chi connectivity index (χ2n) is 4.49. The molecule has 0 saturated heterocycles. The zero-order valence-electron chi connectivity index (χ0n) is 12.8. The van der Waals surface area contributed by atoms with Crippen molar-refractivity contribution in [1.82, 2.24) is 16.0 Å². The van der Waals surface area contributed by atoms with Gasteiger partial charge in [-0.1, -0.05) is 0 Å². The number of rotatable bonds is 8. The fourth-order valence-corrected chi connectivity index (χ4v) is 1.68. The van der Waals surface area contributed by atoms with E-state index in [0.29, 0.717) is 31.4 Å². The van der Waals surface area contributed by atoms with Crippen LogP contribution in [-0.2, 0) is 4.74 Å². The summed E-state index contributed by atoms with van der Waals surface area (Å²) in [6, 6.07) is 3.46. The number of hydrogen-bond donors (Lipinski definition) is 3. The first-order valence-electron chi connectivity index (χ1n) is 7.02. The van der Waals surface area contributed by atoms with Crippen LogP contribution in [0.2, 0.25) is 0 Å². The second-order valence-corrected chi connectivity index (χ2v) is 4.49. The van der Waals surface area contributed by atoms with Crippen molar-refractivity contribution in [2.45, 2.75) is 19.9 Å². The molecule has 0 aliphatic rings. The summed E-state index contributed by atoms with van der Waals surface area (Å²) >= 11 is 0. The van der Waals surface area contributed by atoms with Gasteiger partial charge in [0.1, 0.15) is 0 Å². The van der Waals surface area contributed by atoms with Gasteiger partial charge in [0, 0.05) is 26.2 Å². The highest BCUT2D eigenvalue weighted by Gasteiger charge is 2.07. The van der Waals surface area contributed by atoms with Crippen LogP contribution in [0.3, 0.4) is 0 Å². The Morgan fingerprint density at radius 3 is 2.90 bits per heavy atom. The molecule has 21 heavy (non-hydrogen) atoms. The van der Waals surface area contributed by atoms with E-state index in [-0.39, 0.29) is 11.9 Å². The molecule has 0 aliphatic heterocycles. The Kier molecular flexibility index (Phi) is 7.96. The van der Waals surface area contributed by atoms with Crippen LogP contribution >= 0.6 is 0 Å². The molecule has 1 rings (SSSR count). The van der Waals surface area contributed by atoms with Crippen LogP contribution in [0.5, 0.6) is 0 Å². The van der Waals surface area contributed by atoms with Gasteiger partial charge in [0.25, 0.3) is 5.91 Å². The summed E-state index contributed by atoms with van der Waals surface area (Å²) in [4.78, 5) is 16.0. The highest BCUT2D eigenvalue weighted by molar-refractivity contribution is 5.91. The molecule has 0 spiro atoms. The number of carbonyl (C=O) groups is 1. The fourth-order valence-electron chi connectivity index (χ4n) is 1.68. The van der Waals surface area contributed by atoms with Gasteiger partial charge in [-0.05, 0) is 26.0 Å². The molecule has 0 aromatic carbocycles. The topological polar surface area (TPSA) is 87.9 Å². The minimum absolute atomic E-state index is 0.158. The third-order valence-corrected chi connectivity index (χ3v) is 2.56. The normalized spacial score (nSPS) is 12.8. The van der Waals surface area contributed by atoms with Crippen LogP contribution < -0.4 is 16.0 Å². The number of hydrogen-bond acceptors (Lipinski definition) is 4. The average molecular weight is 296 g/mol. The van der Waals surface area contributed by atoms with Crippen molar-refractivity contribution < 1.29 is 13.9 Å². The number of nitrogens with one attached hydrogen (secondary N) is 3. The van der Waals surface area contributed by atoms with E-state index < -0.39 is 0 Å². The van der Waals surface area contributed by atoms with E-state index in [1.165, 1.54) is 6.26 Å². The van der Waals surface area contributed by atoms with Crippen molar-refractivity contribution in [3.05, 3.63) is 24.2 Å². The molecule has 1 aromatic heterocycles. The van der Waals surface area contributed by atoms with E-state index in [4.69, 9.17) is 9.15 Å². The number of nitrogens with zero attached hydrogens (tertiary/aromatic N) is 1. The molecule has 1 aromatic rings. The molecule has 0 fully saturated rings. The third kappa shape index (κ3) is 6.80. The minimum atomic E-state index is -0.235. The first kappa shape index (κ1) is 17.0. The van der Waals surface area contributed by atoms with Gasteiger partial charge in [0.05, 0.1) is 19.4 Å². The van der Waals surface area contributed by atoms with Crippen LogP contribution in [0, 0.1) is 0 Å². The number of ether oxygens (including phenoxy) is 1. The van der Waals surface area contributed by atoms with Gasteiger partial charge in [-0.15, -0.1) is 0 Å². The summed E-state index contributed by atoms with van der Waals surface area (Å²) in [5.74, 6) is 0.771. The zero-order chi connectivity index (χ0) is 15.5. The monoisotopic (exact) mass is 296 g/mol. The van der Waals surface area contributed by atoms with Gasteiger partial charge >= 0.3 is 0 Å². The van der Waals surface area contributed by atoms with E-state index in [9.17, 15) is 4.79 Å². The molecule has 7 nitrogen and oxygen atoms in total. The number of amides is 1. The van der Waals surface area contributed by atoms with Gasteiger partial charge in [-0.3, -0.25) is 9.79 Å². The van der Waals surface area contributed by atoms with Crippen molar-refractivity contribution in [2.24, 2.45) is 4.99 Å². The van der Waals surface area contributed by atoms with Crippen molar-refractivity contribution >= 4 is 11.9 Å². The van der Waals surface area contributed by atoms with E-state index in [1.54, 1.807) is 19.2 Å². The maximum Gasteiger partial charge on any atom is 0.287 e. The molecular formula is C14H24N4O3. The lowest BCUT2D eigenvalue weighted by Crippen LogP contribution is -2.44. The molecular weight excluding hydrogens is 272 g/mol. The van der Waals surface area contributed by atoms with E-state index in [2.05, 4.69) is 20.9 Å². The molecule has 0 bridgehead atoms. The largest absolute Gasteiger partial charge is 0.459 e. The lowest BCUT2D eigenvalue weighted by Gasteiger charge is -2.16. The molecule has 0 radical (unpaired) electrons. The van der Waals surface area contributed by atoms with Crippen LogP contribution in [0.15, 0.2) is 27.8 Å². The fraction of sp³-hybridized carbons (Fsp3) is 0.571. The maximum absolute atomic E-state index is 11.6. The van der Waals surface area contributed by atoms with E-state index in [1.807, 2.05) is 13.8 Å². The highest BCUT2D eigenvalue weighted by atomic mass is 16.5. The van der Waals surface area contributed by atoms with Crippen molar-refractivity contribution in [1.29, 1.82) is 0 Å². The molecule has 0 saturated carbocycles. The molecule has 118 valence electrons. The molecule has 0 aliphatic carbocycles. The van der Waals surface area contributed by atoms with Gasteiger partial charge in [-0.25, -0.2) is 0 Å². The number of guanidine groups is 1. The molecule has 1 atom stereocenters. The zero-order valence-corrected chi connectivity index (χ0v) is 12.8. The first-order chi connectivity index (χ1) is 10.2. The predicted octanol–water partition coefficient (Wildman–Crippen LogP) is 0.599. The van der Waals surface area contributed by atoms with Gasteiger partial charge in [-0.2, -0.15) is 0 Å². The van der Waals surface area contributed by atoms with Gasteiger partial charge < -0.3 is 25.1 Å². The Morgan fingerprint density at radius 2 is 2.29 bits per heavy atom. The molecule has 1 unspecified atom stereocenters. The molecule has 3 N–H and O–H groups in total.